The maximum Gasteiger partial charge on any atom is 0.194 e. The van der Waals surface area contributed by atoms with Crippen LogP contribution in [0.15, 0.2) is 59.6 Å². The molecule has 1 aliphatic rings. The fourth-order valence-corrected chi connectivity index (χ4v) is 5.31. The third-order valence-corrected chi connectivity index (χ3v) is 8.38. The molecule has 0 aromatic heterocycles. The molecule has 4 rings (SSSR count). The number of aldehydes is 1. The van der Waals surface area contributed by atoms with Crippen LogP contribution >= 0.6 is 69.6 Å². The van der Waals surface area contributed by atoms with Crippen LogP contribution < -0.4 is 0 Å². The van der Waals surface area contributed by atoms with E-state index in [9.17, 15) is 9.59 Å². The average Bonchev–Trinajstić information content (AvgIpc) is 2.72. The van der Waals surface area contributed by atoms with Crippen molar-refractivity contribution in [3.8, 4) is 0 Å². The summed E-state index contributed by atoms with van der Waals surface area (Å²) in [4.78, 5) is 24.9. The van der Waals surface area contributed by atoms with Crippen molar-refractivity contribution >= 4 is 98.0 Å². The number of hydrogen-bond donors (Lipinski definition) is 0. The van der Waals surface area contributed by atoms with Crippen LogP contribution in [0.25, 0.3) is 16.3 Å². The highest BCUT2D eigenvalue weighted by molar-refractivity contribution is 6.68. The van der Waals surface area contributed by atoms with Crippen LogP contribution in [0.5, 0.6) is 0 Å². The summed E-state index contributed by atoms with van der Waals surface area (Å²) < 4.78 is -4.05. The molecule has 1 aliphatic carbocycles. The lowest BCUT2D eigenvalue weighted by molar-refractivity contribution is -0.103. The number of carbonyl (C=O) groups excluding carboxylic acids is 2. The molecule has 0 fully saturated rings. The average molecular weight is 519 g/mol. The first-order chi connectivity index (χ1) is 14.1. The number of hydrogen-bond acceptors (Lipinski definition) is 2. The van der Waals surface area contributed by atoms with Crippen LogP contribution in [0.3, 0.4) is 0 Å². The molecule has 0 N–H and O–H groups in total. The van der Waals surface area contributed by atoms with Gasteiger partial charge in [-0.05, 0) is 28.5 Å². The Labute approximate surface area is 202 Å². The van der Waals surface area contributed by atoms with E-state index in [4.69, 9.17) is 69.6 Å². The Kier molecular flexibility index (Phi) is 5.64. The largest absolute Gasteiger partial charge is 0.298 e. The van der Waals surface area contributed by atoms with Crippen LogP contribution in [0.1, 0.15) is 27.0 Å². The van der Waals surface area contributed by atoms with E-state index in [0.29, 0.717) is 11.8 Å². The Hall–Kier alpha value is -1.26. The first kappa shape index (κ1) is 22.0. The van der Waals surface area contributed by atoms with Crippen molar-refractivity contribution in [1.82, 2.24) is 0 Å². The van der Waals surface area contributed by atoms with Gasteiger partial charge in [-0.3, -0.25) is 9.59 Å². The van der Waals surface area contributed by atoms with E-state index in [-0.39, 0.29) is 38.1 Å². The van der Waals surface area contributed by atoms with Gasteiger partial charge in [-0.1, -0.05) is 112 Å². The smallest absolute Gasteiger partial charge is 0.194 e. The van der Waals surface area contributed by atoms with Crippen molar-refractivity contribution in [2.75, 3.05) is 0 Å². The van der Waals surface area contributed by atoms with Gasteiger partial charge in [-0.25, -0.2) is 0 Å². The molecule has 8 heteroatoms. The summed E-state index contributed by atoms with van der Waals surface area (Å²) in [7, 11) is 0. The first-order valence-corrected chi connectivity index (χ1v) is 10.9. The van der Waals surface area contributed by atoms with Crippen LogP contribution in [0.4, 0.5) is 0 Å². The van der Waals surface area contributed by atoms with Gasteiger partial charge in [0.2, 0.25) is 0 Å². The summed E-state index contributed by atoms with van der Waals surface area (Å²) in [5.41, 5.74) is 0.880. The summed E-state index contributed by atoms with van der Waals surface area (Å²) in [6.45, 7) is 0. The van der Waals surface area contributed by atoms with Crippen molar-refractivity contribution in [2.24, 2.45) is 0 Å². The molecule has 0 atom stereocenters. The molecular formula is C22H10Cl6O2. The van der Waals surface area contributed by atoms with E-state index in [1.165, 1.54) is 12.1 Å². The second-order valence-electron chi connectivity index (χ2n) is 6.74. The van der Waals surface area contributed by atoms with Gasteiger partial charge in [-0.15, -0.1) is 0 Å². The number of benzene rings is 3. The van der Waals surface area contributed by atoms with Gasteiger partial charge in [0.15, 0.2) is 20.7 Å². The molecule has 0 saturated carbocycles. The van der Waals surface area contributed by atoms with E-state index < -0.39 is 8.67 Å². The van der Waals surface area contributed by atoms with E-state index in [0.717, 1.165) is 10.8 Å². The van der Waals surface area contributed by atoms with Crippen LogP contribution in [0, 0.1) is 0 Å². The van der Waals surface area contributed by atoms with E-state index in [2.05, 4.69) is 0 Å². The zero-order valence-corrected chi connectivity index (χ0v) is 19.4. The molecule has 3 aromatic carbocycles. The molecule has 0 bridgehead atoms. The van der Waals surface area contributed by atoms with Crippen molar-refractivity contribution in [3.05, 3.63) is 86.9 Å². The van der Waals surface area contributed by atoms with Crippen LogP contribution in [-0.4, -0.2) is 16.4 Å². The quantitative estimate of drug-likeness (QED) is 0.202. The highest BCUT2D eigenvalue weighted by Gasteiger charge is 2.57. The molecule has 152 valence electrons. The van der Waals surface area contributed by atoms with Gasteiger partial charge in [0.25, 0.3) is 0 Å². The molecule has 0 heterocycles. The second kappa shape index (κ2) is 7.70. The Balaban J connectivity index is 1.92. The Morgan fingerprint density at radius 3 is 2.17 bits per heavy atom. The molecule has 0 saturated heterocycles. The zero-order valence-electron chi connectivity index (χ0n) is 14.9. The number of halogens is 6. The monoisotopic (exact) mass is 516 g/mol. The number of carbonyl (C=O) groups is 2. The Morgan fingerprint density at radius 2 is 1.50 bits per heavy atom. The van der Waals surface area contributed by atoms with Gasteiger partial charge in [-0.2, -0.15) is 0 Å². The topological polar surface area (TPSA) is 34.1 Å². The molecule has 0 unspecified atom stereocenters. The number of fused-ring (bicyclic) bond motifs is 2. The normalized spacial score (nSPS) is 17.0. The number of allylic oxidation sites excluding steroid dienone is 2. The van der Waals surface area contributed by atoms with Gasteiger partial charge in [0, 0.05) is 22.3 Å². The fraction of sp³-hybridized carbons (Fsp3) is 0.0909. The van der Waals surface area contributed by atoms with Crippen molar-refractivity contribution in [3.63, 3.8) is 0 Å². The van der Waals surface area contributed by atoms with Crippen LogP contribution in [0.2, 0.25) is 5.02 Å². The number of alkyl halides is 4. The lowest BCUT2D eigenvalue weighted by atomic mass is 9.87. The van der Waals surface area contributed by atoms with Gasteiger partial charge in [0.1, 0.15) is 0 Å². The third kappa shape index (κ3) is 3.17. The summed E-state index contributed by atoms with van der Waals surface area (Å²) in [6.07, 6.45) is 0.491. The van der Waals surface area contributed by atoms with Gasteiger partial charge >= 0.3 is 0 Å². The molecule has 0 aliphatic heterocycles. The molecule has 3 aromatic rings. The maximum absolute atomic E-state index is 13.2. The predicted octanol–water partition coefficient (Wildman–Crippen LogP) is 7.69. The lowest BCUT2D eigenvalue weighted by Crippen LogP contribution is -2.39. The lowest BCUT2D eigenvalue weighted by Gasteiger charge is -2.39. The van der Waals surface area contributed by atoms with E-state index in [1.807, 2.05) is 30.3 Å². The summed E-state index contributed by atoms with van der Waals surface area (Å²) >= 11 is 38.4. The molecule has 30 heavy (non-hydrogen) atoms. The zero-order chi connectivity index (χ0) is 21.8. The number of rotatable bonds is 3. The first-order valence-electron chi connectivity index (χ1n) is 8.59. The van der Waals surface area contributed by atoms with Gasteiger partial charge < -0.3 is 0 Å². The number of ketones is 1. The Morgan fingerprint density at radius 1 is 0.833 bits per heavy atom. The SMILES string of the molecule is O=CC1=C(Cl)C(Cl)(Cl)C(Cl)(Cl)c2c1ccc(C(=O)c1ccc3ccccc3c1)c2Cl. The molecule has 0 spiro atoms. The predicted molar refractivity (Wildman–Crippen MR) is 125 cm³/mol. The highest BCUT2D eigenvalue weighted by atomic mass is 35.5. The molecule has 2 nitrogen and oxygen atoms in total. The summed E-state index contributed by atoms with van der Waals surface area (Å²) in [6, 6.07) is 16.0. The second-order valence-corrected chi connectivity index (χ2v) is 10.1. The molecular weight excluding hydrogens is 509 g/mol. The minimum absolute atomic E-state index is 0.000181. The highest BCUT2D eigenvalue weighted by Crippen LogP contribution is 2.62. The fourth-order valence-electron chi connectivity index (χ4n) is 3.47. The van der Waals surface area contributed by atoms with Crippen molar-refractivity contribution in [2.45, 2.75) is 8.67 Å². The van der Waals surface area contributed by atoms with E-state index in [1.54, 1.807) is 12.1 Å². The van der Waals surface area contributed by atoms with E-state index >= 15 is 0 Å². The summed E-state index contributed by atoms with van der Waals surface area (Å²) in [5.74, 6) is -0.347. The van der Waals surface area contributed by atoms with Crippen LogP contribution in [-0.2, 0) is 9.13 Å². The summed E-state index contributed by atoms with van der Waals surface area (Å²) in [5, 5.41) is 1.63. The minimum atomic E-state index is -2.05. The maximum atomic E-state index is 13.2. The van der Waals surface area contributed by atoms with Crippen molar-refractivity contribution < 1.29 is 9.59 Å². The minimum Gasteiger partial charge on any atom is -0.298 e. The Bertz CT molecular complexity index is 1260. The standard InChI is InChI=1S/C22H10Cl6O2/c23-18-15(19(30)13-6-5-11-3-1-2-4-12(11)9-13)8-7-14-16(10-29)20(24)22(27,28)21(25,26)17(14)18/h1-10H. The molecule has 0 radical (unpaired) electrons. The van der Waals surface area contributed by atoms with Crippen molar-refractivity contribution in [1.29, 1.82) is 0 Å². The molecule has 0 amide bonds. The third-order valence-electron chi connectivity index (χ3n) is 5.03. The van der Waals surface area contributed by atoms with Gasteiger partial charge in [0.05, 0.1) is 10.1 Å².